The molecule has 1 saturated heterocycles. The van der Waals surface area contributed by atoms with Crippen molar-refractivity contribution in [3.8, 4) is 11.4 Å². The Morgan fingerprint density at radius 1 is 1.25 bits per heavy atom. The van der Waals surface area contributed by atoms with Crippen LogP contribution >= 0.6 is 0 Å². The zero-order valence-corrected chi connectivity index (χ0v) is 12.1. The lowest BCUT2D eigenvalue weighted by Crippen LogP contribution is -2.24. The average molecular weight is 269 g/mol. The quantitative estimate of drug-likeness (QED) is 0.840. The molecular weight excluding hydrogens is 250 g/mol. The second kappa shape index (κ2) is 4.78. The van der Waals surface area contributed by atoms with Crippen LogP contribution in [0.15, 0.2) is 30.6 Å². The molecule has 0 spiro atoms. The standard InChI is InChI=1S/C16H19N3O/c1-11-5-4-6-12(2)14(11)15-17-8-10-19(15)13-7-9-18(3)16(13)20/h4-6,8,10,13H,7,9H2,1-3H3. The molecule has 1 amide bonds. The summed E-state index contributed by atoms with van der Waals surface area (Å²) in [6, 6.07) is 6.11. The highest BCUT2D eigenvalue weighted by atomic mass is 16.2. The minimum Gasteiger partial charge on any atom is -0.344 e. The Balaban J connectivity index is 2.10. The Morgan fingerprint density at radius 2 is 1.95 bits per heavy atom. The van der Waals surface area contributed by atoms with E-state index < -0.39 is 0 Å². The van der Waals surface area contributed by atoms with Crippen LogP contribution in [0, 0.1) is 13.8 Å². The summed E-state index contributed by atoms with van der Waals surface area (Å²) in [4.78, 5) is 18.5. The number of amides is 1. The summed E-state index contributed by atoms with van der Waals surface area (Å²) < 4.78 is 2.03. The van der Waals surface area contributed by atoms with Crippen LogP contribution < -0.4 is 0 Å². The molecule has 1 fully saturated rings. The maximum Gasteiger partial charge on any atom is 0.245 e. The zero-order chi connectivity index (χ0) is 14.3. The molecule has 1 aromatic heterocycles. The molecule has 0 N–H and O–H groups in total. The predicted molar refractivity (Wildman–Crippen MR) is 78.4 cm³/mol. The van der Waals surface area contributed by atoms with Crippen LogP contribution in [0.1, 0.15) is 23.6 Å². The predicted octanol–water partition coefficient (Wildman–Crippen LogP) is 2.57. The highest BCUT2D eigenvalue weighted by Gasteiger charge is 2.32. The van der Waals surface area contributed by atoms with Gasteiger partial charge in [0, 0.05) is 31.5 Å². The molecule has 3 rings (SSSR count). The van der Waals surface area contributed by atoms with Gasteiger partial charge in [0.05, 0.1) is 0 Å². The van der Waals surface area contributed by atoms with Gasteiger partial charge >= 0.3 is 0 Å². The van der Waals surface area contributed by atoms with Crippen molar-refractivity contribution in [2.24, 2.45) is 0 Å². The molecule has 1 aliphatic rings. The summed E-state index contributed by atoms with van der Waals surface area (Å²) >= 11 is 0. The van der Waals surface area contributed by atoms with Crippen molar-refractivity contribution in [3.63, 3.8) is 0 Å². The molecular formula is C16H19N3O. The van der Waals surface area contributed by atoms with Gasteiger partial charge < -0.3 is 9.47 Å². The van der Waals surface area contributed by atoms with E-state index in [0.717, 1.165) is 24.4 Å². The SMILES string of the molecule is Cc1cccc(C)c1-c1nccn1C1CCN(C)C1=O. The Hall–Kier alpha value is -2.10. The molecule has 0 saturated carbocycles. The van der Waals surface area contributed by atoms with Gasteiger partial charge in [-0.2, -0.15) is 0 Å². The van der Waals surface area contributed by atoms with E-state index in [0.29, 0.717) is 0 Å². The molecule has 4 nitrogen and oxygen atoms in total. The van der Waals surface area contributed by atoms with Crippen molar-refractivity contribution in [1.29, 1.82) is 0 Å². The van der Waals surface area contributed by atoms with Gasteiger partial charge in [-0.3, -0.25) is 4.79 Å². The summed E-state index contributed by atoms with van der Waals surface area (Å²) in [5.41, 5.74) is 3.52. The lowest BCUT2D eigenvalue weighted by molar-refractivity contribution is -0.129. The van der Waals surface area contributed by atoms with Crippen molar-refractivity contribution in [1.82, 2.24) is 14.5 Å². The molecule has 104 valence electrons. The molecule has 0 aliphatic carbocycles. The number of hydrogen-bond acceptors (Lipinski definition) is 2. The van der Waals surface area contributed by atoms with Crippen molar-refractivity contribution >= 4 is 5.91 Å². The number of nitrogens with zero attached hydrogens (tertiary/aromatic N) is 3. The number of benzene rings is 1. The lowest BCUT2D eigenvalue weighted by Gasteiger charge is -2.17. The van der Waals surface area contributed by atoms with Gasteiger partial charge in [-0.05, 0) is 31.4 Å². The maximum absolute atomic E-state index is 12.2. The Bertz CT molecular complexity index is 639. The fraction of sp³-hybridized carbons (Fsp3) is 0.375. The van der Waals surface area contributed by atoms with Crippen molar-refractivity contribution < 1.29 is 4.79 Å². The second-order valence-electron chi connectivity index (χ2n) is 5.49. The molecule has 0 radical (unpaired) electrons. The van der Waals surface area contributed by atoms with Gasteiger partial charge in [-0.15, -0.1) is 0 Å². The summed E-state index contributed by atoms with van der Waals surface area (Å²) in [5, 5.41) is 0. The van der Waals surface area contributed by atoms with Gasteiger partial charge in [0.2, 0.25) is 5.91 Å². The normalized spacial score (nSPS) is 18.9. The first kappa shape index (κ1) is 12.9. The van der Waals surface area contributed by atoms with Crippen LogP contribution in [0.2, 0.25) is 0 Å². The number of aromatic nitrogens is 2. The zero-order valence-electron chi connectivity index (χ0n) is 12.1. The van der Waals surface area contributed by atoms with Crippen LogP contribution in [0.25, 0.3) is 11.4 Å². The first-order valence-corrected chi connectivity index (χ1v) is 6.94. The van der Waals surface area contributed by atoms with Gasteiger partial charge in [0.25, 0.3) is 0 Å². The summed E-state index contributed by atoms with van der Waals surface area (Å²) in [6.45, 7) is 4.99. The first-order valence-electron chi connectivity index (χ1n) is 6.94. The van der Waals surface area contributed by atoms with Crippen LogP contribution in [-0.2, 0) is 4.79 Å². The van der Waals surface area contributed by atoms with Gasteiger partial charge in [-0.1, -0.05) is 18.2 Å². The molecule has 4 heteroatoms. The van der Waals surface area contributed by atoms with E-state index in [2.05, 4.69) is 37.0 Å². The Kier molecular flexibility index (Phi) is 3.08. The number of carbonyl (C=O) groups excluding carboxylic acids is 1. The lowest BCUT2D eigenvalue weighted by atomic mass is 10.0. The highest BCUT2D eigenvalue weighted by molar-refractivity contribution is 5.83. The van der Waals surface area contributed by atoms with Crippen LogP contribution in [0.4, 0.5) is 0 Å². The Morgan fingerprint density at radius 3 is 2.55 bits per heavy atom. The molecule has 1 unspecified atom stereocenters. The van der Waals surface area contributed by atoms with E-state index in [1.165, 1.54) is 11.1 Å². The number of likely N-dealkylation sites (N-methyl/N-ethyl adjacent to an activating group) is 1. The molecule has 1 aromatic carbocycles. The van der Waals surface area contributed by atoms with E-state index in [9.17, 15) is 4.79 Å². The van der Waals surface area contributed by atoms with Gasteiger partial charge in [0.15, 0.2) is 0 Å². The van der Waals surface area contributed by atoms with Crippen LogP contribution in [-0.4, -0.2) is 34.0 Å². The number of likely N-dealkylation sites (tertiary alicyclic amines) is 1. The third-order valence-corrected chi connectivity index (χ3v) is 4.11. The third kappa shape index (κ3) is 1.92. The largest absolute Gasteiger partial charge is 0.344 e. The minimum absolute atomic E-state index is 0.114. The number of carbonyl (C=O) groups is 1. The fourth-order valence-corrected chi connectivity index (χ4v) is 2.99. The van der Waals surface area contributed by atoms with E-state index in [1.807, 2.05) is 17.8 Å². The summed E-state index contributed by atoms with van der Waals surface area (Å²) in [5.74, 6) is 1.07. The first-order chi connectivity index (χ1) is 9.59. The monoisotopic (exact) mass is 269 g/mol. The summed E-state index contributed by atoms with van der Waals surface area (Å²) in [6.07, 6.45) is 4.55. The average Bonchev–Trinajstić information content (AvgIpc) is 2.98. The fourth-order valence-electron chi connectivity index (χ4n) is 2.99. The Labute approximate surface area is 119 Å². The van der Waals surface area contributed by atoms with Crippen LogP contribution in [0.3, 0.4) is 0 Å². The van der Waals surface area contributed by atoms with E-state index in [-0.39, 0.29) is 11.9 Å². The van der Waals surface area contributed by atoms with E-state index >= 15 is 0 Å². The highest BCUT2D eigenvalue weighted by Crippen LogP contribution is 2.31. The summed E-state index contributed by atoms with van der Waals surface area (Å²) in [7, 11) is 1.86. The molecule has 20 heavy (non-hydrogen) atoms. The topological polar surface area (TPSA) is 38.1 Å². The number of hydrogen-bond donors (Lipinski definition) is 0. The molecule has 2 heterocycles. The van der Waals surface area contributed by atoms with Crippen molar-refractivity contribution in [3.05, 3.63) is 41.7 Å². The van der Waals surface area contributed by atoms with Gasteiger partial charge in [-0.25, -0.2) is 4.98 Å². The maximum atomic E-state index is 12.2. The molecule has 1 aliphatic heterocycles. The molecule has 1 atom stereocenters. The van der Waals surface area contributed by atoms with Crippen molar-refractivity contribution in [2.45, 2.75) is 26.3 Å². The number of rotatable bonds is 2. The number of imidazole rings is 1. The molecule has 2 aromatic rings. The van der Waals surface area contributed by atoms with Crippen molar-refractivity contribution in [2.75, 3.05) is 13.6 Å². The smallest absolute Gasteiger partial charge is 0.245 e. The second-order valence-corrected chi connectivity index (χ2v) is 5.49. The minimum atomic E-state index is -0.114. The third-order valence-electron chi connectivity index (χ3n) is 4.11. The van der Waals surface area contributed by atoms with Gasteiger partial charge in [0.1, 0.15) is 11.9 Å². The van der Waals surface area contributed by atoms with E-state index in [4.69, 9.17) is 0 Å². The van der Waals surface area contributed by atoms with E-state index in [1.54, 1.807) is 11.1 Å². The number of aryl methyl sites for hydroxylation is 2. The van der Waals surface area contributed by atoms with Crippen LogP contribution in [0.5, 0.6) is 0 Å². The molecule has 0 bridgehead atoms.